The van der Waals surface area contributed by atoms with Crippen molar-refractivity contribution in [2.45, 2.75) is 51.7 Å². The summed E-state index contributed by atoms with van der Waals surface area (Å²) < 4.78 is 36.8. The number of alkyl halides is 3. The van der Waals surface area contributed by atoms with E-state index in [2.05, 4.69) is 10.3 Å². The lowest BCUT2D eigenvalue weighted by Gasteiger charge is -2.18. The van der Waals surface area contributed by atoms with Crippen molar-refractivity contribution in [3.05, 3.63) is 29.6 Å². The topological polar surface area (TPSA) is 24.9 Å². The minimum Gasteiger partial charge on any atom is -0.314 e. The monoisotopic (exact) mass is 274 g/mol. The van der Waals surface area contributed by atoms with E-state index in [4.69, 9.17) is 0 Å². The summed E-state index contributed by atoms with van der Waals surface area (Å²) >= 11 is 0. The first-order valence-corrected chi connectivity index (χ1v) is 6.68. The molecule has 19 heavy (non-hydrogen) atoms. The normalized spacial score (nSPS) is 13.5. The molecule has 0 aliphatic heterocycles. The maximum atomic E-state index is 12.3. The zero-order valence-electron chi connectivity index (χ0n) is 11.4. The molecule has 0 bridgehead atoms. The molecule has 1 N–H and O–H groups in total. The molecule has 0 saturated heterocycles. The second kappa shape index (κ2) is 7.48. The smallest absolute Gasteiger partial charge is 0.314 e. The standard InChI is InChI=1S/C14H21F3N2/c1-3-11-5-6-12(19-10-11)9-13(18-4-2)7-8-14(15,16)17/h5-6,10,13,18H,3-4,7-9H2,1-2H3. The Morgan fingerprint density at radius 1 is 1.26 bits per heavy atom. The largest absolute Gasteiger partial charge is 0.389 e. The predicted octanol–water partition coefficient (Wildman–Crippen LogP) is 3.51. The van der Waals surface area contributed by atoms with Crippen LogP contribution in [0, 0.1) is 0 Å². The van der Waals surface area contributed by atoms with Crippen molar-refractivity contribution in [3.8, 4) is 0 Å². The van der Waals surface area contributed by atoms with Crippen molar-refractivity contribution in [3.63, 3.8) is 0 Å². The number of hydrogen-bond acceptors (Lipinski definition) is 2. The summed E-state index contributed by atoms with van der Waals surface area (Å²) in [6.45, 7) is 4.60. The molecule has 1 unspecified atom stereocenters. The Morgan fingerprint density at radius 3 is 2.47 bits per heavy atom. The molecule has 0 aliphatic rings. The fourth-order valence-corrected chi connectivity index (χ4v) is 1.94. The molecule has 1 aromatic heterocycles. The first kappa shape index (κ1) is 16.0. The zero-order chi connectivity index (χ0) is 14.3. The highest BCUT2D eigenvalue weighted by atomic mass is 19.4. The van der Waals surface area contributed by atoms with E-state index in [-0.39, 0.29) is 12.5 Å². The molecule has 108 valence electrons. The van der Waals surface area contributed by atoms with Gasteiger partial charge in [-0.3, -0.25) is 4.98 Å². The van der Waals surface area contributed by atoms with Crippen LogP contribution in [0.5, 0.6) is 0 Å². The SMILES string of the molecule is CCNC(CCC(F)(F)F)Cc1ccc(CC)cn1. The fraction of sp³-hybridized carbons (Fsp3) is 0.643. The van der Waals surface area contributed by atoms with Crippen molar-refractivity contribution in [2.75, 3.05) is 6.54 Å². The van der Waals surface area contributed by atoms with Gasteiger partial charge >= 0.3 is 6.18 Å². The van der Waals surface area contributed by atoms with Crippen LogP contribution in [0.1, 0.15) is 37.9 Å². The van der Waals surface area contributed by atoms with Gasteiger partial charge in [-0.05, 0) is 31.0 Å². The lowest BCUT2D eigenvalue weighted by Crippen LogP contribution is -2.32. The van der Waals surface area contributed by atoms with E-state index < -0.39 is 12.6 Å². The van der Waals surface area contributed by atoms with Crippen molar-refractivity contribution in [2.24, 2.45) is 0 Å². The molecule has 0 spiro atoms. The minimum absolute atomic E-state index is 0.0918. The van der Waals surface area contributed by atoms with Crippen molar-refractivity contribution in [1.82, 2.24) is 10.3 Å². The van der Waals surface area contributed by atoms with Gasteiger partial charge < -0.3 is 5.32 Å². The highest BCUT2D eigenvalue weighted by Crippen LogP contribution is 2.23. The van der Waals surface area contributed by atoms with Crippen molar-refractivity contribution < 1.29 is 13.2 Å². The van der Waals surface area contributed by atoms with Gasteiger partial charge in [-0.2, -0.15) is 13.2 Å². The Labute approximate surface area is 112 Å². The van der Waals surface area contributed by atoms with Gasteiger partial charge in [0.1, 0.15) is 0 Å². The molecule has 1 atom stereocenters. The third kappa shape index (κ3) is 6.57. The number of pyridine rings is 1. The first-order valence-electron chi connectivity index (χ1n) is 6.68. The Hall–Kier alpha value is -1.10. The van der Waals surface area contributed by atoms with Crippen LogP contribution in [-0.2, 0) is 12.8 Å². The van der Waals surface area contributed by atoms with Gasteiger partial charge in [0.2, 0.25) is 0 Å². The maximum absolute atomic E-state index is 12.3. The molecule has 0 amide bonds. The van der Waals surface area contributed by atoms with Gasteiger partial charge in [0.05, 0.1) is 0 Å². The lowest BCUT2D eigenvalue weighted by molar-refractivity contribution is -0.136. The van der Waals surface area contributed by atoms with E-state index in [1.165, 1.54) is 0 Å². The quantitative estimate of drug-likeness (QED) is 0.823. The van der Waals surface area contributed by atoms with Gasteiger partial charge in [-0.15, -0.1) is 0 Å². The van der Waals surface area contributed by atoms with Gasteiger partial charge in [-0.25, -0.2) is 0 Å². The summed E-state index contributed by atoms with van der Waals surface area (Å²) in [4.78, 5) is 4.29. The molecule has 0 fully saturated rings. The number of halogens is 3. The summed E-state index contributed by atoms with van der Waals surface area (Å²) in [7, 11) is 0. The maximum Gasteiger partial charge on any atom is 0.389 e. The summed E-state index contributed by atoms with van der Waals surface area (Å²) in [6.07, 6.45) is -1.51. The van der Waals surface area contributed by atoms with E-state index in [9.17, 15) is 13.2 Å². The molecular weight excluding hydrogens is 253 g/mol. The van der Waals surface area contributed by atoms with Crippen LogP contribution < -0.4 is 5.32 Å². The molecule has 1 heterocycles. The number of nitrogens with zero attached hydrogens (tertiary/aromatic N) is 1. The molecule has 0 saturated carbocycles. The van der Waals surface area contributed by atoms with Gasteiger partial charge in [0.25, 0.3) is 0 Å². The van der Waals surface area contributed by atoms with Crippen LogP contribution in [0.15, 0.2) is 18.3 Å². The molecule has 0 aliphatic carbocycles. The Bertz CT molecular complexity index is 360. The van der Waals surface area contributed by atoms with Crippen molar-refractivity contribution >= 4 is 0 Å². The second-order valence-corrected chi connectivity index (χ2v) is 4.62. The second-order valence-electron chi connectivity index (χ2n) is 4.62. The predicted molar refractivity (Wildman–Crippen MR) is 70.1 cm³/mol. The van der Waals surface area contributed by atoms with Gasteiger partial charge in [0, 0.05) is 30.8 Å². The summed E-state index contributed by atoms with van der Waals surface area (Å²) in [5.74, 6) is 0. The van der Waals surface area contributed by atoms with Gasteiger partial charge in [-0.1, -0.05) is 19.9 Å². The van der Waals surface area contributed by atoms with Crippen LogP contribution in [0.4, 0.5) is 13.2 Å². The molecular formula is C14H21F3N2. The zero-order valence-corrected chi connectivity index (χ0v) is 11.4. The lowest BCUT2D eigenvalue weighted by atomic mass is 10.0. The Morgan fingerprint density at radius 2 is 2.00 bits per heavy atom. The molecule has 2 nitrogen and oxygen atoms in total. The summed E-state index contributed by atoms with van der Waals surface area (Å²) in [6, 6.07) is 3.71. The van der Waals surface area contributed by atoms with Crippen LogP contribution >= 0.6 is 0 Å². The molecule has 0 aromatic carbocycles. The fourth-order valence-electron chi connectivity index (χ4n) is 1.94. The first-order chi connectivity index (χ1) is 8.94. The molecule has 5 heteroatoms. The van der Waals surface area contributed by atoms with Crippen LogP contribution in [0.2, 0.25) is 0 Å². The van der Waals surface area contributed by atoms with Gasteiger partial charge in [0.15, 0.2) is 0 Å². The highest BCUT2D eigenvalue weighted by molar-refractivity contribution is 5.14. The van der Waals surface area contributed by atoms with E-state index in [1.807, 2.05) is 26.0 Å². The highest BCUT2D eigenvalue weighted by Gasteiger charge is 2.28. The third-order valence-electron chi connectivity index (χ3n) is 3.02. The average Bonchev–Trinajstić information content (AvgIpc) is 2.36. The van der Waals surface area contributed by atoms with E-state index in [0.29, 0.717) is 13.0 Å². The van der Waals surface area contributed by atoms with E-state index in [1.54, 1.807) is 6.20 Å². The number of aryl methyl sites for hydroxylation is 1. The summed E-state index contributed by atoms with van der Waals surface area (Å²) in [5.41, 5.74) is 1.98. The van der Waals surface area contributed by atoms with Crippen LogP contribution in [0.3, 0.4) is 0 Å². The van der Waals surface area contributed by atoms with E-state index >= 15 is 0 Å². The van der Waals surface area contributed by atoms with Crippen LogP contribution in [-0.4, -0.2) is 23.7 Å². The molecule has 1 rings (SSSR count). The van der Waals surface area contributed by atoms with Crippen LogP contribution in [0.25, 0.3) is 0 Å². The number of aromatic nitrogens is 1. The summed E-state index contributed by atoms with van der Waals surface area (Å²) in [5, 5.41) is 3.09. The average molecular weight is 274 g/mol. The Kier molecular flexibility index (Phi) is 6.28. The number of likely N-dealkylation sites (N-methyl/N-ethyl adjacent to an activating group) is 1. The third-order valence-corrected chi connectivity index (χ3v) is 3.02. The van der Waals surface area contributed by atoms with Crippen molar-refractivity contribution in [1.29, 1.82) is 0 Å². The number of hydrogen-bond donors (Lipinski definition) is 1. The number of nitrogens with one attached hydrogen (secondary N) is 1. The van der Waals surface area contributed by atoms with E-state index in [0.717, 1.165) is 17.7 Å². The number of rotatable bonds is 7. The molecule has 0 radical (unpaired) electrons. The minimum atomic E-state index is -4.09. The molecule has 1 aromatic rings. The Balaban J connectivity index is 2.56.